The van der Waals surface area contributed by atoms with Gasteiger partial charge in [-0.15, -0.1) is 0 Å². The molecule has 1 N–H and O–H groups in total. The van der Waals surface area contributed by atoms with E-state index in [9.17, 15) is 0 Å². The summed E-state index contributed by atoms with van der Waals surface area (Å²) in [4.78, 5) is 0. The number of hydrogen-bond acceptors (Lipinski definition) is 1. The summed E-state index contributed by atoms with van der Waals surface area (Å²) in [5.74, 6) is 0. The van der Waals surface area contributed by atoms with Gasteiger partial charge < -0.3 is 9.67 Å². The molecule has 3 heteroatoms. The number of rotatable bonds is 2. The Morgan fingerprint density at radius 1 is 1.14 bits per heavy atom. The van der Waals surface area contributed by atoms with E-state index in [1.54, 1.807) is 0 Å². The Morgan fingerprint density at radius 3 is 2.64 bits per heavy atom. The van der Waals surface area contributed by atoms with Crippen molar-refractivity contribution in [2.45, 2.75) is 6.61 Å². The van der Waals surface area contributed by atoms with E-state index in [1.807, 2.05) is 47.2 Å². The van der Waals surface area contributed by atoms with Crippen LogP contribution < -0.4 is 0 Å². The van der Waals surface area contributed by atoms with Gasteiger partial charge in [0.1, 0.15) is 0 Å². The summed E-state index contributed by atoms with van der Waals surface area (Å²) in [5.41, 5.74) is 1.93. The van der Waals surface area contributed by atoms with Crippen molar-refractivity contribution in [3.8, 4) is 5.69 Å². The highest BCUT2D eigenvalue weighted by atomic mass is 79.9. The average molecular weight is 252 g/mol. The molecule has 0 atom stereocenters. The number of aliphatic hydroxyl groups is 1. The van der Waals surface area contributed by atoms with Gasteiger partial charge in [0.05, 0.1) is 12.3 Å². The molecule has 2 rings (SSSR count). The summed E-state index contributed by atoms with van der Waals surface area (Å²) in [6.07, 6.45) is 1.94. The number of hydrogen-bond donors (Lipinski definition) is 1. The summed E-state index contributed by atoms with van der Waals surface area (Å²) in [7, 11) is 0. The monoisotopic (exact) mass is 251 g/mol. The number of nitrogens with zero attached hydrogens (tertiary/aromatic N) is 1. The molecule has 2 aromatic rings. The van der Waals surface area contributed by atoms with Crippen molar-refractivity contribution in [1.82, 2.24) is 4.57 Å². The maximum atomic E-state index is 9.12. The van der Waals surface area contributed by atoms with Gasteiger partial charge in [0, 0.05) is 16.4 Å². The highest BCUT2D eigenvalue weighted by Crippen LogP contribution is 2.22. The second-order valence-electron chi connectivity index (χ2n) is 2.98. The van der Waals surface area contributed by atoms with Crippen LogP contribution in [0.2, 0.25) is 0 Å². The highest BCUT2D eigenvalue weighted by molar-refractivity contribution is 9.10. The zero-order valence-electron chi connectivity index (χ0n) is 7.52. The molecule has 0 aliphatic heterocycles. The largest absolute Gasteiger partial charge is 0.390 e. The van der Waals surface area contributed by atoms with Crippen LogP contribution in [0.1, 0.15) is 5.69 Å². The summed E-state index contributed by atoms with van der Waals surface area (Å²) in [6.45, 7) is 0.0499. The minimum absolute atomic E-state index is 0.0499. The van der Waals surface area contributed by atoms with E-state index in [0.717, 1.165) is 15.9 Å². The first-order valence-electron chi connectivity index (χ1n) is 4.35. The SMILES string of the molecule is OCc1cccn1-c1ccccc1Br. The Hall–Kier alpha value is -1.06. The molecule has 14 heavy (non-hydrogen) atoms. The van der Waals surface area contributed by atoms with Crippen LogP contribution in [0, 0.1) is 0 Å². The Kier molecular flexibility index (Phi) is 2.70. The van der Waals surface area contributed by atoms with Gasteiger partial charge in [-0.05, 0) is 40.2 Å². The third-order valence-electron chi connectivity index (χ3n) is 2.11. The van der Waals surface area contributed by atoms with Crippen molar-refractivity contribution in [3.05, 3.63) is 52.8 Å². The van der Waals surface area contributed by atoms with E-state index < -0.39 is 0 Å². The number of aromatic nitrogens is 1. The van der Waals surface area contributed by atoms with Gasteiger partial charge in [-0.2, -0.15) is 0 Å². The lowest BCUT2D eigenvalue weighted by atomic mass is 10.3. The molecule has 1 aromatic heterocycles. The van der Waals surface area contributed by atoms with Gasteiger partial charge in [-0.1, -0.05) is 12.1 Å². The van der Waals surface area contributed by atoms with Crippen molar-refractivity contribution in [2.75, 3.05) is 0 Å². The van der Waals surface area contributed by atoms with Crippen molar-refractivity contribution < 1.29 is 5.11 Å². The summed E-state index contributed by atoms with van der Waals surface area (Å²) >= 11 is 3.48. The van der Waals surface area contributed by atoms with Crippen LogP contribution in [0.4, 0.5) is 0 Å². The molecule has 0 aliphatic rings. The zero-order valence-corrected chi connectivity index (χ0v) is 9.11. The molecule has 72 valence electrons. The molecule has 0 amide bonds. The van der Waals surface area contributed by atoms with Crippen LogP contribution in [-0.4, -0.2) is 9.67 Å². The standard InChI is InChI=1S/C11H10BrNO/c12-10-5-1-2-6-11(10)13-7-3-4-9(13)8-14/h1-7,14H,8H2. The number of aliphatic hydroxyl groups excluding tert-OH is 1. The lowest BCUT2D eigenvalue weighted by Crippen LogP contribution is -1.98. The molecule has 0 saturated heterocycles. The van der Waals surface area contributed by atoms with Crippen LogP contribution in [0.25, 0.3) is 5.69 Å². The highest BCUT2D eigenvalue weighted by Gasteiger charge is 2.04. The molecule has 0 spiro atoms. The molecule has 0 saturated carbocycles. The van der Waals surface area contributed by atoms with Crippen LogP contribution in [0.3, 0.4) is 0 Å². The maximum Gasteiger partial charge on any atom is 0.0836 e. The lowest BCUT2D eigenvalue weighted by molar-refractivity contribution is 0.274. The molecular weight excluding hydrogens is 242 g/mol. The first-order valence-corrected chi connectivity index (χ1v) is 5.14. The van der Waals surface area contributed by atoms with E-state index in [0.29, 0.717) is 0 Å². The minimum Gasteiger partial charge on any atom is -0.390 e. The van der Waals surface area contributed by atoms with Crippen LogP contribution in [0.15, 0.2) is 47.1 Å². The van der Waals surface area contributed by atoms with Crippen molar-refractivity contribution in [1.29, 1.82) is 0 Å². The number of halogens is 1. The van der Waals surface area contributed by atoms with Gasteiger partial charge >= 0.3 is 0 Å². The Bertz CT molecular complexity index is 436. The smallest absolute Gasteiger partial charge is 0.0836 e. The van der Waals surface area contributed by atoms with E-state index >= 15 is 0 Å². The fourth-order valence-electron chi connectivity index (χ4n) is 1.43. The summed E-state index contributed by atoms with van der Waals surface area (Å²) < 4.78 is 2.98. The van der Waals surface area contributed by atoms with Gasteiger partial charge in [-0.3, -0.25) is 0 Å². The summed E-state index contributed by atoms with van der Waals surface area (Å²) in [6, 6.07) is 11.8. The molecular formula is C11H10BrNO. The molecule has 0 fully saturated rings. The molecule has 0 unspecified atom stereocenters. The minimum atomic E-state index is 0.0499. The molecule has 0 radical (unpaired) electrons. The molecule has 1 heterocycles. The lowest BCUT2D eigenvalue weighted by Gasteiger charge is -2.08. The van der Waals surface area contributed by atoms with Crippen LogP contribution in [-0.2, 0) is 6.61 Å². The van der Waals surface area contributed by atoms with Gasteiger partial charge in [-0.25, -0.2) is 0 Å². The van der Waals surface area contributed by atoms with Gasteiger partial charge in [0.25, 0.3) is 0 Å². The van der Waals surface area contributed by atoms with Crippen LogP contribution >= 0.6 is 15.9 Å². The zero-order chi connectivity index (χ0) is 9.97. The Labute approximate surface area is 90.9 Å². The van der Waals surface area contributed by atoms with Crippen molar-refractivity contribution in [3.63, 3.8) is 0 Å². The third-order valence-corrected chi connectivity index (χ3v) is 2.78. The fraction of sp³-hybridized carbons (Fsp3) is 0.0909. The first-order chi connectivity index (χ1) is 6.83. The van der Waals surface area contributed by atoms with E-state index in [4.69, 9.17) is 5.11 Å². The van der Waals surface area contributed by atoms with Crippen molar-refractivity contribution in [2.24, 2.45) is 0 Å². The quantitative estimate of drug-likeness (QED) is 0.873. The average Bonchev–Trinajstić information content (AvgIpc) is 2.66. The predicted octanol–water partition coefficient (Wildman–Crippen LogP) is 2.73. The van der Waals surface area contributed by atoms with E-state index in [-0.39, 0.29) is 6.61 Å². The molecule has 2 nitrogen and oxygen atoms in total. The van der Waals surface area contributed by atoms with Crippen LogP contribution in [0.5, 0.6) is 0 Å². The third kappa shape index (κ3) is 1.61. The molecule has 0 aliphatic carbocycles. The van der Waals surface area contributed by atoms with Gasteiger partial charge in [0.2, 0.25) is 0 Å². The molecule has 1 aromatic carbocycles. The van der Waals surface area contributed by atoms with E-state index in [1.165, 1.54) is 0 Å². The number of benzene rings is 1. The second kappa shape index (κ2) is 3.98. The van der Waals surface area contributed by atoms with Crippen molar-refractivity contribution >= 4 is 15.9 Å². The fourth-order valence-corrected chi connectivity index (χ4v) is 1.90. The van der Waals surface area contributed by atoms with Gasteiger partial charge in [0.15, 0.2) is 0 Å². The predicted molar refractivity (Wildman–Crippen MR) is 59.4 cm³/mol. The number of para-hydroxylation sites is 1. The Morgan fingerprint density at radius 2 is 1.93 bits per heavy atom. The van der Waals surface area contributed by atoms with E-state index in [2.05, 4.69) is 15.9 Å². The summed E-state index contributed by atoms with van der Waals surface area (Å²) in [5, 5.41) is 9.12. The second-order valence-corrected chi connectivity index (χ2v) is 3.83. The molecule has 0 bridgehead atoms. The normalized spacial score (nSPS) is 10.4. The Balaban J connectivity index is 2.54. The topological polar surface area (TPSA) is 25.2 Å². The first kappa shape index (κ1) is 9.49. The maximum absolute atomic E-state index is 9.12.